The van der Waals surface area contributed by atoms with E-state index in [4.69, 9.17) is 11.6 Å². The van der Waals surface area contributed by atoms with Crippen molar-refractivity contribution in [2.45, 2.75) is 13.1 Å². The number of nitrogens with zero attached hydrogens (tertiary/aromatic N) is 4. The Morgan fingerprint density at radius 1 is 1.00 bits per heavy atom. The highest BCUT2D eigenvalue weighted by atomic mass is 35.5. The van der Waals surface area contributed by atoms with E-state index in [1.54, 1.807) is 0 Å². The SMILES string of the molecule is Cc1cccc(N2CCN(C(=O)c3cnn(-c4ccc(Cl)cc4)c3C(F)(F)F)CC2)c1. The average Bonchev–Trinajstić information content (AvgIpc) is 3.20. The van der Waals surface area contributed by atoms with Crippen molar-refractivity contribution in [3.05, 3.63) is 76.6 Å². The van der Waals surface area contributed by atoms with Gasteiger partial charge in [-0.25, -0.2) is 4.68 Å². The van der Waals surface area contributed by atoms with Crippen LogP contribution in [0.3, 0.4) is 0 Å². The van der Waals surface area contributed by atoms with Gasteiger partial charge in [-0.3, -0.25) is 4.79 Å². The maximum atomic E-state index is 13.9. The second kappa shape index (κ2) is 8.26. The number of halogens is 4. The van der Waals surface area contributed by atoms with E-state index in [0.717, 1.165) is 22.1 Å². The summed E-state index contributed by atoms with van der Waals surface area (Å²) in [5.74, 6) is -0.670. The maximum Gasteiger partial charge on any atom is 0.434 e. The lowest BCUT2D eigenvalue weighted by Gasteiger charge is -2.36. The third-order valence-electron chi connectivity index (χ3n) is 5.27. The number of rotatable bonds is 3. The third-order valence-corrected chi connectivity index (χ3v) is 5.53. The average molecular weight is 449 g/mol. The molecule has 9 heteroatoms. The van der Waals surface area contributed by atoms with Gasteiger partial charge in [0.25, 0.3) is 5.91 Å². The molecule has 0 unspecified atom stereocenters. The van der Waals surface area contributed by atoms with Crippen LogP contribution in [0.5, 0.6) is 0 Å². The quantitative estimate of drug-likeness (QED) is 0.577. The molecule has 0 bridgehead atoms. The normalized spacial score (nSPS) is 14.7. The predicted molar refractivity (Wildman–Crippen MR) is 113 cm³/mol. The molecule has 0 saturated carbocycles. The molecule has 3 aromatic rings. The van der Waals surface area contributed by atoms with Crippen molar-refractivity contribution >= 4 is 23.2 Å². The van der Waals surface area contributed by atoms with Crippen LogP contribution in [0.2, 0.25) is 5.02 Å². The van der Waals surface area contributed by atoms with E-state index in [-0.39, 0.29) is 5.69 Å². The molecule has 1 aromatic heterocycles. The summed E-state index contributed by atoms with van der Waals surface area (Å²) < 4.78 is 42.4. The van der Waals surface area contributed by atoms with E-state index in [1.165, 1.54) is 29.2 Å². The Labute approximate surface area is 182 Å². The Morgan fingerprint density at radius 2 is 1.68 bits per heavy atom. The topological polar surface area (TPSA) is 41.4 Å². The predicted octanol–water partition coefficient (Wildman–Crippen LogP) is 4.82. The fourth-order valence-electron chi connectivity index (χ4n) is 3.72. The summed E-state index contributed by atoms with van der Waals surface area (Å²) in [5, 5.41) is 4.26. The first-order valence-corrected chi connectivity index (χ1v) is 10.1. The number of aryl methyl sites for hydroxylation is 1. The van der Waals surface area contributed by atoms with Crippen molar-refractivity contribution in [1.82, 2.24) is 14.7 Å². The third kappa shape index (κ3) is 4.39. The number of amides is 1. The van der Waals surface area contributed by atoms with Crippen LogP contribution in [0.25, 0.3) is 5.69 Å². The lowest BCUT2D eigenvalue weighted by molar-refractivity contribution is -0.143. The second-order valence-electron chi connectivity index (χ2n) is 7.41. The van der Waals surface area contributed by atoms with Crippen LogP contribution in [0.1, 0.15) is 21.6 Å². The van der Waals surface area contributed by atoms with Gasteiger partial charge in [-0.05, 0) is 48.9 Å². The van der Waals surface area contributed by atoms with Gasteiger partial charge >= 0.3 is 6.18 Å². The molecule has 0 spiro atoms. The molecule has 4 rings (SSSR count). The van der Waals surface area contributed by atoms with Crippen LogP contribution in [0, 0.1) is 6.92 Å². The number of aromatic nitrogens is 2. The van der Waals surface area contributed by atoms with E-state index in [2.05, 4.69) is 16.1 Å². The van der Waals surface area contributed by atoms with Crippen LogP contribution < -0.4 is 4.90 Å². The van der Waals surface area contributed by atoms with E-state index < -0.39 is 23.3 Å². The number of piperazine rings is 1. The maximum absolute atomic E-state index is 13.9. The first-order chi connectivity index (χ1) is 14.7. The molecule has 0 radical (unpaired) electrons. The lowest BCUT2D eigenvalue weighted by atomic mass is 10.1. The van der Waals surface area contributed by atoms with Gasteiger partial charge in [-0.15, -0.1) is 0 Å². The fraction of sp³-hybridized carbons (Fsp3) is 0.273. The number of carbonyl (C=O) groups excluding carboxylic acids is 1. The molecule has 31 heavy (non-hydrogen) atoms. The summed E-state index contributed by atoms with van der Waals surface area (Å²) >= 11 is 5.83. The minimum Gasteiger partial charge on any atom is -0.368 e. The molecular formula is C22H20ClF3N4O. The number of carbonyl (C=O) groups is 1. The zero-order valence-corrected chi connectivity index (χ0v) is 17.5. The molecule has 2 aromatic carbocycles. The van der Waals surface area contributed by atoms with E-state index in [9.17, 15) is 18.0 Å². The summed E-state index contributed by atoms with van der Waals surface area (Å²) in [6.07, 6.45) is -3.75. The molecular weight excluding hydrogens is 429 g/mol. The van der Waals surface area contributed by atoms with Gasteiger partial charge in [0.1, 0.15) is 0 Å². The first-order valence-electron chi connectivity index (χ1n) is 9.76. The second-order valence-corrected chi connectivity index (χ2v) is 7.85. The molecule has 1 saturated heterocycles. The van der Waals surface area contributed by atoms with Gasteiger partial charge in [-0.2, -0.15) is 18.3 Å². The van der Waals surface area contributed by atoms with Gasteiger partial charge in [0, 0.05) is 36.9 Å². The fourth-order valence-corrected chi connectivity index (χ4v) is 3.84. The van der Waals surface area contributed by atoms with Gasteiger partial charge in [-0.1, -0.05) is 23.7 Å². The van der Waals surface area contributed by atoms with Crippen LogP contribution in [-0.4, -0.2) is 46.8 Å². The molecule has 1 fully saturated rings. The van der Waals surface area contributed by atoms with Gasteiger partial charge < -0.3 is 9.80 Å². The van der Waals surface area contributed by atoms with Crippen LogP contribution >= 0.6 is 11.6 Å². The van der Waals surface area contributed by atoms with Crippen molar-refractivity contribution in [3.8, 4) is 5.69 Å². The molecule has 1 aliphatic rings. The Kier molecular flexibility index (Phi) is 5.66. The van der Waals surface area contributed by atoms with Gasteiger partial charge in [0.05, 0.1) is 17.4 Å². The summed E-state index contributed by atoms with van der Waals surface area (Å²) in [6.45, 7) is 3.75. The molecule has 162 valence electrons. The number of benzene rings is 2. The monoisotopic (exact) mass is 448 g/mol. The van der Waals surface area contributed by atoms with Gasteiger partial charge in [0.15, 0.2) is 5.69 Å². The van der Waals surface area contributed by atoms with E-state index in [1.807, 2.05) is 25.1 Å². The minimum atomic E-state index is -4.75. The van der Waals surface area contributed by atoms with E-state index >= 15 is 0 Å². The van der Waals surface area contributed by atoms with Crippen molar-refractivity contribution in [1.29, 1.82) is 0 Å². The van der Waals surface area contributed by atoms with Crippen molar-refractivity contribution in [3.63, 3.8) is 0 Å². The first kappa shape index (κ1) is 21.2. The summed E-state index contributed by atoms with van der Waals surface area (Å²) in [5.41, 5.74) is 0.812. The highest BCUT2D eigenvalue weighted by Gasteiger charge is 2.41. The zero-order valence-electron chi connectivity index (χ0n) is 16.7. The molecule has 0 atom stereocenters. The highest BCUT2D eigenvalue weighted by molar-refractivity contribution is 6.30. The Balaban J connectivity index is 1.57. The lowest BCUT2D eigenvalue weighted by Crippen LogP contribution is -2.49. The number of anilines is 1. The molecule has 0 aliphatic carbocycles. The molecule has 1 amide bonds. The minimum absolute atomic E-state index is 0.181. The van der Waals surface area contributed by atoms with Crippen molar-refractivity contribution < 1.29 is 18.0 Å². The van der Waals surface area contributed by atoms with Crippen LogP contribution in [0.4, 0.5) is 18.9 Å². The number of hydrogen-bond donors (Lipinski definition) is 0. The molecule has 5 nitrogen and oxygen atoms in total. The largest absolute Gasteiger partial charge is 0.434 e. The Morgan fingerprint density at radius 3 is 2.29 bits per heavy atom. The zero-order chi connectivity index (χ0) is 22.2. The van der Waals surface area contributed by atoms with Crippen molar-refractivity contribution in [2.24, 2.45) is 0 Å². The molecule has 0 N–H and O–H groups in total. The number of hydrogen-bond acceptors (Lipinski definition) is 3. The van der Waals surface area contributed by atoms with E-state index in [0.29, 0.717) is 31.2 Å². The summed E-state index contributed by atoms with van der Waals surface area (Å²) in [7, 11) is 0. The smallest absolute Gasteiger partial charge is 0.368 e. The van der Waals surface area contributed by atoms with Crippen LogP contribution in [-0.2, 0) is 6.18 Å². The molecule has 2 heterocycles. The Hall–Kier alpha value is -3.00. The summed E-state index contributed by atoms with van der Waals surface area (Å²) in [6, 6.07) is 13.8. The Bertz CT molecular complexity index is 1090. The van der Waals surface area contributed by atoms with Crippen LogP contribution in [0.15, 0.2) is 54.7 Å². The number of alkyl halides is 3. The standard InChI is InChI=1S/C22H20ClF3N4O/c1-15-3-2-4-18(13-15)28-9-11-29(12-10-28)21(31)19-14-27-30(20(19)22(24,25)26)17-7-5-16(23)6-8-17/h2-8,13-14H,9-12H2,1H3. The summed E-state index contributed by atoms with van der Waals surface area (Å²) in [4.78, 5) is 16.6. The highest BCUT2D eigenvalue weighted by Crippen LogP contribution is 2.34. The van der Waals surface area contributed by atoms with Gasteiger partial charge in [0.2, 0.25) is 0 Å². The van der Waals surface area contributed by atoms with Crippen molar-refractivity contribution in [2.75, 3.05) is 31.1 Å². The molecule has 1 aliphatic heterocycles.